The molecular weight excluding hydrogens is 402 g/mol. The van der Waals surface area contributed by atoms with Crippen molar-refractivity contribution < 1.29 is 14.3 Å². The molecule has 0 aliphatic rings. The second-order valence-corrected chi connectivity index (χ2v) is 8.01. The molecule has 0 spiro atoms. The molecular formula is C23H28ClN3O3. The van der Waals surface area contributed by atoms with E-state index in [0.29, 0.717) is 41.2 Å². The average Bonchev–Trinajstić information content (AvgIpc) is 3.04. The van der Waals surface area contributed by atoms with Crippen molar-refractivity contribution >= 4 is 28.5 Å². The Bertz CT molecular complexity index is 1030. The summed E-state index contributed by atoms with van der Waals surface area (Å²) >= 11 is 6.35. The first-order valence-corrected chi connectivity index (χ1v) is 10.5. The Morgan fingerprint density at radius 3 is 2.77 bits per heavy atom. The number of ether oxygens (including phenoxy) is 2. The molecule has 0 fully saturated rings. The fourth-order valence-corrected chi connectivity index (χ4v) is 3.53. The number of carbonyl (C=O) groups excluding carboxylic acids is 1. The lowest BCUT2D eigenvalue weighted by atomic mass is 10.1. The van der Waals surface area contributed by atoms with Crippen LogP contribution in [0.25, 0.3) is 11.0 Å². The fourth-order valence-electron chi connectivity index (χ4n) is 3.26. The van der Waals surface area contributed by atoms with Gasteiger partial charge in [0.2, 0.25) is 0 Å². The zero-order valence-corrected chi connectivity index (χ0v) is 18.6. The monoisotopic (exact) mass is 429 g/mol. The van der Waals surface area contributed by atoms with Crippen LogP contribution in [0.4, 0.5) is 0 Å². The van der Waals surface area contributed by atoms with Gasteiger partial charge in [-0.1, -0.05) is 37.6 Å². The van der Waals surface area contributed by atoms with Gasteiger partial charge in [0.05, 0.1) is 29.8 Å². The van der Waals surface area contributed by atoms with E-state index < -0.39 is 0 Å². The van der Waals surface area contributed by atoms with Crippen molar-refractivity contribution in [3.8, 4) is 11.5 Å². The summed E-state index contributed by atoms with van der Waals surface area (Å²) in [7, 11) is 1.54. The lowest BCUT2D eigenvalue weighted by Crippen LogP contribution is -2.25. The van der Waals surface area contributed by atoms with E-state index >= 15 is 0 Å². The molecule has 1 heterocycles. The first-order chi connectivity index (χ1) is 14.4. The predicted molar refractivity (Wildman–Crippen MR) is 120 cm³/mol. The Labute approximate surface area is 182 Å². The van der Waals surface area contributed by atoms with Gasteiger partial charge in [0.15, 0.2) is 11.5 Å². The van der Waals surface area contributed by atoms with Crippen molar-refractivity contribution in [1.82, 2.24) is 14.9 Å². The summed E-state index contributed by atoms with van der Waals surface area (Å²) in [6.45, 7) is 7.93. The molecule has 160 valence electrons. The Hall–Kier alpha value is -2.73. The zero-order chi connectivity index (χ0) is 21.7. The van der Waals surface area contributed by atoms with Gasteiger partial charge in [-0.25, -0.2) is 4.98 Å². The van der Waals surface area contributed by atoms with Crippen molar-refractivity contribution in [2.75, 3.05) is 20.3 Å². The van der Waals surface area contributed by atoms with Gasteiger partial charge in [-0.15, -0.1) is 0 Å². The molecule has 0 bridgehead atoms. The topological polar surface area (TPSA) is 65.4 Å². The zero-order valence-electron chi connectivity index (χ0n) is 17.9. The van der Waals surface area contributed by atoms with Crippen LogP contribution in [0, 0.1) is 12.8 Å². The minimum Gasteiger partial charge on any atom is -0.493 e. The standard InChI is InChI=1S/C23H28ClN3O3/c1-15(2)14-30-22-18(24)12-17(13-21(22)29-4)23(28)25-10-7-11-27-16(3)26-19-8-5-6-9-20(19)27/h5-6,8-9,12-13,15H,7,10-11,14H2,1-4H3,(H,25,28). The molecule has 3 aromatic rings. The molecule has 0 radical (unpaired) electrons. The third kappa shape index (κ3) is 5.05. The number of halogens is 1. The quantitative estimate of drug-likeness (QED) is 0.493. The number of benzene rings is 2. The number of carbonyl (C=O) groups is 1. The van der Waals surface area contributed by atoms with Crippen LogP contribution in [0.15, 0.2) is 36.4 Å². The highest BCUT2D eigenvalue weighted by atomic mass is 35.5. The number of nitrogens with zero attached hydrogens (tertiary/aromatic N) is 2. The molecule has 6 nitrogen and oxygen atoms in total. The summed E-state index contributed by atoms with van der Waals surface area (Å²) in [5.74, 6) is 2.04. The van der Waals surface area contributed by atoms with E-state index in [2.05, 4.69) is 34.8 Å². The van der Waals surface area contributed by atoms with Crippen LogP contribution in [-0.4, -0.2) is 35.7 Å². The van der Waals surface area contributed by atoms with Crippen molar-refractivity contribution in [3.05, 3.63) is 52.8 Å². The number of nitrogens with one attached hydrogen (secondary N) is 1. The van der Waals surface area contributed by atoms with Gasteiger partial charge in [-0.3, -0.25) is 4.79 Å². The maximum Gasteiger partial charge on any atom is 0.251 e. The Balaban J connectivity index is 1.60. The molecule has 0 aliphatic carbocycles. The highest BCUT2D eigenvalue weighted by Crippen LogP contribution is 2.36. The molecule has 1 aromatic heterocycles. The summed E-state index contributed by atoms with van der Waals surface area (Å²) in [6, 6.07) is 11.3. The van der Waals surface area contributed by atoms with Crippen LogP contribution in [0.2, 0.25) is 5.02 Å². The first-order valence-electron chi connectivity index (χ1n) is 10.1. The summed E-state index contributed by atoms with van der Waals surface area (Å²) in [5, 5.41) is 3.31. The fraction of sp³-hybridized carbons (Fsp3) is 0.391. The maximum absolute atomic E-state index is 12.6. The number of methoxy groups -OCH3 is 1. The van der Waals surface area contributed by atoms with Gasteiger partial charge in [0.25, 0.3) is 5.91 Å². The van der Waals surface area contributed by atoms with Gasteiger partial charge >= 0.3 is 0 Å². The second kappa shape index (κ2) is 9.85. The molecule has 3 rings (SSSR count). The number of hydrogen-bond donors (Lipinski definition) is 1. The van der Waals surface area contributed by atoms with E-state index in [4.69, 9.17) is 21.1 Å². The third-order valence-corrected chi connectivity index (χ3v) is 5.02. The van der Waals surface area contributed by atoms with E-state index in [1.807, 2.05) is 25.1 Å². The lowest BCUT2D eigenvalue weighted by molar-refractivity contribution is 0.0952. The number of amides is 1. The molecule has 7 heteroatoms. The maximum atomic E-state index is 12.6. The van der Waals surface area contributed by atoms with Crippen LogP contribution in [0.3, 0.4) is 0 Å². The van der Waals surface area contributed by atoms with Crippen molar-refractivity contribution in [2.24, 2.45) is 5.92 Å². The number of hydrogen-bond acceptors (Lipinski definition) is 4. The summed E-state index contributed by atoms with van der Waals surface area (Å²) < 4.78 is 13.3. The molecule has 0 aliphatic heterocycles. The van der Waals surface area contributed by atoms with E-state index in [9.17, 15) is 4.79 Å². The highest BCUT2D eigenvalue weighted by molar-refractivity contribution is 6.32. The minimum atomic E-state index is -0.196. The summed E-state index contributed by atoms with van der Waals surface area (Å²) in [4.78, 5) is 17.2. The predicted octanol–water partition coefficient (Wildman–Crippen LogP) is 4.86. The van der Waals surface area contributed by atoms with Gasteiger partial charge in [0.1, 0.15) is 5.82 Å². The van der Waals surface area contributed by atoms with E-state index in [-0.39, 0.29) is 5.91 Å². The van der Waals surface area contributed by atoms with Crippen LogP contribution in [0.5, 0.6) is 11.5 Å². The van der Waals surface area contributed by atoms with Crippen molar-refractivity contribution in [1.29, 1.82) is 0 Å². The average molecular weight is 430 g/mol. The van der Waals surface area contributed by atoms with Crippen LogP contribution in [0.1, 0.15) is 36.5 Å². The van der Waals surface area contributed by atoms with E-state index in [1.165, 1.54) is 7.11 Å². The molecule has 1 amide bonds. The number of para-hydroxylation sites is 2. The molecule has 0 unspecified atom stereocenters. The Morgan fingerprint density at radius 2 is 2.03 bits per heavy atom. The van der Waals surface area contributed by atoms with Gasteiger partial charge < -0.3 is 19.4 Å². The number of aromatic nitrogens is 2. The van der Waals surface area contributed by atoms with E-state index in [1.54, 1.807) is 12.1 Å². The molecule has 30 heavy (non-hydrogen) atoms. The van der Waals surface area contributed by atoms with Crippen molar-refractivity contribution in [2.45, 2.75) is 33.7 Å². The number of aryl methyl sites for hydroxylation is 2. The SMILES string of the molecule is COc1cc(C(=O)NCCCn2c(C)nc3ccccc32)cc(Cl)c1OCC(C)C. The van der Waals surface area contributed by atoms with Crippen LogP contribution < -0.4 is 14.8 Å². The Kier molecular flexibility index (Phi) is 7.21. The number of fused-ring (bicyclic) bond motifs is 1. The molecule has 1 N–H and O–H groups in total. The summed E-state index contributed by atoms with van der Waals surface area (Å²) in [6.07, 6.45) is 0.785. The largest absolute Gasteiger partial charge is 0.493 e. The van der Waals surface area contributed by atoms with Gasteiger partial charge in [-0.2, -0.15) is 0 Å². The molecule has 2 aromatic carbocycles. The lowest BCUT2D eigenvalue weighted by Gasteiger charge is -2.15. The normalized spacial score (nSPS) is 11.1. The second-order valence-electron chi connectivity index (χ2n) is 7.60. The molecule has 0 atom stereocenters. The highest BCUT2D eigenvalue weighted by Gasteiger charge is 2.16. The Morgan fingerprint density at radius 1 is 1.27 bits per heavy atom. The first kappa shape index (κ1) is 22.0. The van der Waals surface area contributed by atoms with E-state index in [0.717, 1.165) is 29.8 Å². The van der Waals surface area contributed by atoms with Crippen LogP contribution in [-0.2, 0) is 6.54 Å². The molecule has 0 saturated heterocycles. The minimum absolute atomic E-state index is 0.196. The van der Waals surface area contributed by atoms with Crippen LogP contribution >= 0.6 is 11.6 Å². The number of rotatable bonds is 9. The smallest absolute Gasteiger partial charge is 0.251 e. The van der Waals surface area contributed by atoms with Gasteiger partial charge in [0, 0.05) is 18.7 Å². The molecule has 0 saturated carbocycles. The van der Waals surface area contributed by atoms with Crippen molar-refractivity contribution in [3.63, 3.8) is 0 Å². The number of imidazole rings is 1. The third-order valence-electron chi connectivity index (χ3n) is 4.74. The summed E-state index contributed by atoms with van der Waals surface area (Å²) in [5.41, 5.74) is 2.54. The van der Waals surface area contributed by atoms with Gasteiger partial charge in [-0.05, 0) is 43.5 Å².